The molecule has 0 radical (unpaired) electrons. The van der Waals surface area contributed by atoms with Crippen LogP contribution in [0.15, 0.2) is 18.3 Å². The molecular weight excluding hydrogens is 280 g/mol. The lowest BCUT2D eigenvalue weighted by Crippen LogP contribution is -2.42. The zero-order valence-corrected chi connectivity index (χ0v) is 13.9. The standard InChI is InChI=1S/C17H26N2O3/c1-12-11-15(9-10-18-12)21-14-7-5-13(6-8-14)19-16(20)22-17(2,3)4/h9-11,13-14H,5-8H2,1-4H3,(H,19,20). The second-order valence-corrected chi connectivity index (χ2v) is 6.87. The molecule has 22 heavy (non-hydrogen) atoms. The zero-order chi connectivity index (χ0) is 16.2. The van der Waals surface area contributed by atoms with Crippen LogP contribution < -0.4 is 10.1 Å². The van der Waals surface area contributed by atoms with Gasteiger partial charge in [-0.25, -0.2) is 4.79 Å². The Hall–Kier alpha value is -1.78. The molecule has 1 amide bonds. The normalized spacial score (nSPS) is 22.0. The highest BCUT2D eigenvalue weighted by Gasteiger charge is 2.25. The molecule has 2 rings (SSSR count). The number of alkyl carbamates (subject to hydrolysis) is 1. The lowest BCUT2D eigenvalue weighted by atomic mass is 9.93. The van der Waals surface area contributed by atoms with Gasteiger partial charge in [-0.2, -0.15) is 0 Å². The number of pyridine rings is 1. The first kappa shape index (κ1) is 16.6. The van der Waals surface area contributed by atoms with E-state index in [2.05, 4.69) is 10.3 Å². The van der Waals surface area contributed by atoms with Crippen LogP contribution in [0.1, 0.15) is 52.1 Å². The van der Waals surface area contributed by atoms with Crippen molar-refractivity contribution in [2.45, 2.75) is 71.1 Å². The van der Waals surface area contributed by atoms with E-state index in [1.807, 2.05) is 39.8 Å². The van der Waals surface area contributed by atoms with Crippen LogP contribution in [0.25, 0.3) is 0 Å². The fraction of sp³-hybridized carbons (Fsp3) is 0.647. The van der Waals surface area contributed by atoms with Gasteiger partial charge in [0.2, 0.25) is 0 Å². The molecule has 1 heterocycles. The van der Waals surface area contributed by atoms with Crippen LogP contribution in [0.3, 0.4) is 0 Å². The number of hydrogen-bond donors (Lipinski definition) is 1. The summed E-state index contributed by atoms with van der Waals surface area (Å²) in [7, 11) is 0. The van der Waals surface area contributed by atoms with Crippen molar-refractivity contribution in [3.05, 3.63) is 24.0 Å². The second kappa shape index (κ2) is 6.99. The predicted molar refractivity (Wildman–Crippen MR) is 85.0 cm³/mol. The summed E-state index contributed by atoms with van der Waals surface area (Å²) >= 11 is 0. The molecule has 1 aliphatic carbocycles. The van der Waals surface area contributed by atoms with Crippen molar-refractivity contribution < 1.29 is 14.3 Å². The molecule has 0 atom stereocenters. The van der Waals surface area contributed by atoms with Crippen LogP contribution in [0.5, 0.6) is 5.75 Å². The molecule has 5 nitrogen and oxygen atoms in total. The number of aryl methyl sites for hydroxylation is 1. The maximum atomic E-state index is 11.8. The Balaban J connectivity index is 1.75. The van der Waals surface area contributed by atoms with Crippen molar-refractivity contribution in [2.24, 2.45) is 0 Å². The summed E-state index contributed by atoms with van der Waals surface area (Å²) in [5, 5.41) is 2.94. The smallest absolute Gasteiger partial charge is 0.407 e. The van der Waals surface area contributed by atoms with Crippen molar-refractivity contribution in [1.29, 1.82) is 0 Å². The van der Waals surface area contributed by atoms with E-state index in [4.69, 9.17) is 9.47 Å². The van der Waals surface area contributed by atoms with E-state index in [1.165, 1.54) is 0 Å². The van der Waals surface area contributed by atoms with E-state index >= 15 is 0 Å². The molecule has 122 valence electrons. The van der Waals surface area contributed by atoms with Crippen LogP contribution >= 0.6 is 0 Å². The predicted octanol–water partition coefficient (Wildman–Crippen LogP) is 3.60. The van der Waals surface area contributed by atoms with Crippen LogP contribution in [0, 0.1) is 6.92 Å². The monoisotopic (exact) mass is 306 g/mol. The molecule has 1 saturated carbocycles. The molecule has 1 N–H and O–H groups in total. The summed E-state index contributed by atoms with van der Waals surface area (Å²) < 4.78 is 11.3. The Bertz CT molecular complexity index is 503. The Morgan fingerprint density at radius 1 is 1.27 bits per heavy atom. The summed E-state index contributed by atoms with van der Waals surface area (Å²) in [5.41, 5.74) is 0.502. The van der Waals surface area contributed by atoms with Crippen LogP contribution in [0.2, 0.25) is 0 Å². The molecule has 0 aliphatic heterocycles. The molecule has 1 aromatic heterocycles. The number of rotatable bonds is 3. The SMILES string of the molecule is Cc1cc(OC2CCC(NC(=O)OC(C)(C)C)CC2)ccn1. The Morgan fingerprint density at radius 3 is 2.55 bits per heavy atom. The topological polar surface area (TPSA) is 60.5 Å². The van der Waals surface area contributed by atoms with Gasteiger partial charge >= 0.3 is 6.09 Å². The van der Waals surface area contributed by atoms with Gasteiger partial charge < -0.3 is 14.8 Å². The molecule has 0 unspecified atom stereocenters. The van der Waals surface area contributed by atoms with Gasteiger partial charge in [0.15, 0.2) is 0 Å². The highest BCUT2D eigenvalue weighted by atomic mass is 16.6. The first-order valence-corrected chi connectivity index (χ1v) is 7.91. The Kier molecular flexibility index (Phi) is 5.27. The van der Waals surface area contributed by atoms with Crippen molar-refractivity contribution in [1.82, 2.24) is 10.3 Å². The second-order valence-electron chi connectivity index (χ2n) is 6.87. The highest BCUT2D eigenvalue weighted by molar-refractivity contribution is 5.68. The number of aromatic nitrogens is 1. The molecule has 1 aliphatic rings. The molecule has 0 spiro atoms. The fourth-order valence-electron chi connectivity index (χ4n) is 2.58. The van der Waals surface area contributed by atoms with Crippen molar-refractivity contribution in [2.75, 3.05) is 0 Å². The van der Waals surface area contributed by atoms with E-state index in [0.29, 0.717) is 0 Å². The molecule has 1 fully saturated rings. The van der Waals surface area contributed by atoms with Crippen molar-refractivity contribution in [3.63, 3.8) is 0 Å². The zero-order valence-electron chi connectivity index (χ0n) is 13.9. The third kappa shape index (κ3) is 5.54. The van der Waals surface area contributed by atoms with Crippen LogP contribution in [0.4, 0.5) is 4.79 Å². The lowest BCUT2D eigenvalue weighted by Gasteiger charge is -2.30. The molecule has 0 saturated heterocycles. The van der Waals surface area contributed by atoms with E-state index in [9.17, 15) is 4.79 Å². The van der Waals surface area contributed by atoms with Crippen molar-refractivity contribution in [3.8, 4) is 5.75 Å². The van der Waals surface area contributed by atoms with Gasteiger partial charge in [0.1, 0.15) is 11.4 Å². The van der Waals surface area contributed by atoms with Gasteiger partial charge in [-0.05, 0) is 59.4 Å². The first-order valence-electron chi connectivity index (χ1n) is 7.91. The number of carbonyl (C=O) groups excluding carboxylic acids is 1. The number of amides is 1. The lowest BCUT2D eigenvalue weighted by molar-refractivity contribution is 0.0471. The third-order valence-electron chi connectivity index (χ3n) is 3.57. The quantitative estimate of drug-likeness (QED) is 0.927. The minimum atomic E-state index is -0.455. The Labute approximate surface area is 132 Å². The van der Waals surface area contributed by atoms with E-state index in [1.54, 1.807) is 6.20 Å². The number of nitrogens with zero attached hydrogens (tertiary/aromatic N) is 1. The molecule has 0 aromatic carbocycles. The van der Waals surface area contributed by atoms with Crippen LogP contribution in [-0.4, -0.2) is 28.8 Å². The van der Waals surface area contributed by atoms with Gasteiger partial charge in [0, 0.05) is 24.0 Å². The average Bonchev–Trinajstić information content (AvgIpc) is 2.39. The first-order chi connectivity index (χ1) is 10.3. The average molecular weight is 306 g/mol. The summed E-state index contributed by atoms with van der Waals surface area (Å²) in [4.78, 5) is 15.9. The fourth-order valence-corrected chi connectivity index (χ4v) is 2.58. The highest BCUT2D eigenvalue weighted by Crippen LogP contribution is 2.24. The molecular formula is C17H26N2O3. The summed E-state index contributed by atoms with van der Waals surface area (Å²) in [5.74, 6) is 0.871. The van der Waals surface area contributed by atoms with Crippen molar-refractivity contribution >= 4 is 6.09 Å². The molecule has 5 heteroatoms. The maximum absolute atomic E-state index is 11.8. The third-order valence-corrected chi connectivity index (χ3v) is 3.57. The maximum Gasteiger partial charge on any atom is 0.407 e. The van der Waals surface area contributed by atoms with E-state index < -0.39 is 5.60 Å². The van der Waals surface area contributed by atoms with Gasteiger partial charge in [-0.15, -0.1) is 0 Å². The summed E-state index contributed by atoms with van der Waals surface area (Å²) in [6.45, 7) is 7.56. The number of carbonyl (C=O) groups is 1. The minimum Gasteiger partial charge on any atom is -0.490 e. The Morgan fingerprint density at radius 2 is 1.95 bits per heavy atom. The van der Waals surface area contributed by atoms with E-state index in [-0.39, 0.29) is 18.2 Å². The van der Waals surface area contributed by atoms with E-state index in [0.717, 1.165) is 37.1 Å². The minimum absolute atomic E-state index is 0.175. The summed E-state index contributed by atoms with van der Waals surface area (Å²) in [6.07, 6.45) is 5.33. The van der Waals surface area contributed by atoms with Gasteiger partial charge in [0.05, 0.1) is 6.10 Å². The van der Waals surface area contributed by atoms with Crippen LogP contribution in [-0.2, 0) is 4.74 Å². The number of hydrogen-bond acceptors (Lipinski definition) is 4. The van der Waals surface area contributed by atoms with Gasteiger partial charge in [-0.3, -0.25) is 4.98 Å². The van der Waals surface area contributed by atoms with Gasteiger partial charge in [-0.1, -0.05) is 0 Å². The summed E-state index contributed by atoms with van der Waals surface area (Å²) in [6, 6.07) is 4.01. The molecule has 1 aromatic rings. The molecule has 0 bridgehead atoms. The number of ether oxygens (including phenoxy) is 2. The van der Waals surface area contributed by atoms with Gasteiger partial charge in [0.25, 0.3) is 0 Å². The number of nitrogens with one attached hydrogen (secondary N) is 1. The largest absolute Gasteiger partial charge is 0.490 e.